The Morgan fingerprint density at radius 2 is 2.10 bits per heavy atom. The number of rotatable bonds is 2. The van der Waals surface area contributed by atoms with E-state index in [4.69, 9.17) is 4.74 Å². The SMILES string of the molecule is CN1CCc2[nH]c3cc(OC4CSC4)ccc3c2CC1. The van der Waals surface area contributed by atoms with Gasteiger partial charge in [-0.15, -0.1) is 0 Å². The maximum absolute atomic E-state index is 5.98. The molecule has 20 heavy (non-hydrogen) atoms. The monoisotopic (exact) mass is 288 g/mol. The predicted molar refractivity (Wildman–Crippen MR) is 84.9 cm³/mol. The second-order valence-electron chi connectivity index (χ2n) is 5.87. The van der Waals surface area contributed by atoms with E-state index in [1.165, 1.54) is 22.2 Å². The third-order valence-corrected chi connectivity index (χ3v) is 5.58. The first kappa shape index (κ1) is 12.6. The van der Waals surface area contributed by atoms with E-state index in [1.807, 2.05) is 11.8 Å². The molecule has 0 unspecified atom stereocenters. The smallest absolute Gasteiger partial charge is 0.121 e. The molecule has 1 saturated heterocycles. The van der Waals surface area contributed by atoms with Crippen LogP contribution in [-0.4, -0.2) is 47.6 Å². The summed E-state index contributed by atoms with van der Waals surface area (Å²) in [5, 5.41) is 1.38. The van der Waals surface area contributed by atoms with Crippen LogP contribution < -0.4 is 4.74 Å². The van der Waals surface area contributed by atoms with Crippen molar-refractivity contribution in [1.29, 1.82) is 0 Å². The molecule has 0 atom stereocenters. The van der Waals surface area contributed by atoms with Crippen molar-refractivity contribution in [1.82, 2.24) is 9.88 Å². The number of H-pyrrole nitrogens is 1. The quantitative estimate of drug-likeness (QED) is 0.921. The molecule has 1 N–H and O–H groups in total. The van der Waals surface area contributed by atoms with E-state index < -0.39 is 0 Å². The van der Waals surface area contributed by atoms with Gasteiger partial charge in [-0.1, -0.05) is 0 Å². The molecule has 2 aliphatic rings. The molecule has 0 bridgehead atoms. The molecule has 3 nitrogen and oxygen atoms in total. The van der Waals surface area contributed by atoms with Crippen molar-refractivity contribution in [2.75, 3.05) is 31.6 Å². The first-order chi connectivity index (χ1) is 9.79. The van der Waals surface area contributed by atoms with Gasteiger partial charge in [0.1, 0.15) is 11.9 Å². The molecule has 106 valence electrons. The molecule has 0 spiro atoms. The standard InChI is InChI=1S/C16H20N2OS/c1-18-6-4-14-13-3-2-11(19-12-9-20-10-12)8-16(13)17-15(14)5-7-18/h2-3,8,12,17H,4-7,9-10H2,1H3. The summed E-state index contributed by atoms with van der Waals surface area (Å²) in [7, 11) is 2.21. The second kappa shape index (κ2) is 5.01. The van der Waals surface area contributed by atoms with Crippen LogP contribution in [0.1, 0.15) is 11.3 Å². The number of fused-ring (bicyclic) bond motifs is 3. The van der Waals surface area contributed by atoms with Gasteiger partial charge < -0.3 is 14.6 Å². The fourth-order valence-corrected chi connectivity index (χ4v) is 3.62. The van der Waals surface area contributed by atoms with Gasteiger partial charge in [0.2, 0.25) is 0 Å². The van der Waals surface area contributed by atoms with Gasteiger partial charge in [-0.05, 0) is 31.2 Å². The lowest BCUT2D eigenvalue weighted by Crippen LogP contribution is -2.30. The van der Waals surface area contributed by atoms with Crippen LogP contribution in [0.3, 0.4) is 0 Å². The van der Waals surface area contributed by atoms with Crippen molar-refractivity contribution in [3.8, 4) is 5.75 Å². The maximum atomic E-state index is 5.98. The summed E-state index contributed by atoms with van der Waals surface area (Å²) in [6.07, 6.45) is 2.68. The van der Waals surface area contributed by atoms with Crippen molar-refractivity contribution in [3.63, 3.8) is 0 Å². The number of hydrogen-bond donors (Lipinski definition) is 1. The summed E-state index contributed by atoms with van der Waals surface area (Å²) >= 11 is 1.96. The number of hydrogen-bond acceptors (Lipinski definition) is 3. The average Bonchev–Trinajstić information content (AvgIpc) is 2.65. The third kappa shape index (κ3) is 2.21. The number of ether oxygens (including phenoxy) is 1. The third-order valence-electron chi connectivity index (χ3n) is 4.36. The van der Waals surface area contributed by atoms with Gasteiger partial charge in [0.25, 0.3) is 0 Å². The summed E-state index contributed by atoms with van der Waals surface area (Å²) in [6.45, 7) is 2.29. The fraction of sp³-hybridized carbons (Fsp3) is 0.500. The largest absolute Gasteiger partial charge is 0.489 e. The highest BCUT2D eigenvalue weighted by Crippen LogP contribution is 2.30. The minimum Gasteiger partial charge on any atom is -0.489 e. The maximum Gasteiger partial charge on any atom is 0.121 e. The van der Waals surface area contributed by atoms with E-state index in [0.717, 1.165) is 43.2 Å². The van der Waals surface area contributed by atoms with Crippen molar-refractivity contribution in [2.24, 2.45) is 0 Å². The average molecular weight is 288 g/mol. The lowest BCUT2D eigenvalue weighted by molar-refractivity contribution is 0.240. The van der Waals surface area contributed by atoms with Gasteiger partial charge in [-0.2, -0.15) is 11.8 Å². The molecule has 4 heteroatoms. The molecule has 4 rings (SSSR count). The van der Waals surface area contributed by atoms with Gasteiger partial charge in [0.15, 0.2) is 0 Å². The molecule has 0 saturated carbocycles. The Labute approximate surface area is 123 Å². The zero-order valence-electron chi connectivity index (χ0n) is 11.8. The van der Waals surface area contributed by atoms with Crippen LogP contribution in [0, 0.1) is 0 Å². The molecule has 2 aliphatic heterocycles. The molecule has 3 heterocycles. The van der Waals surface area contributed by atoms with Crippen molar-refractivity contribution in [3.05, 3.63) is 29.5 Å². The lowest BCUT2D eigenvalue weighted by Gasteiger charge is -2.25. The summed E-state index contributed by atoms with van der Waals surface area (Å²) < 4.78 is 5.98. The van der Waals surface area contributed by atoms with E-state index >= 15 is 0 Å². The van der Waals surface area contributed by atoms with E-state index in [2.05, 4.69) is 35.1 Å². The normalized spacial score (nSPS) is 20.4. The molecule has 0 amide bonds. The molecule has 0 radical (unpaired) electrons. The molecule has 1 aromatic carbocycles. The van der Waals surface area contributed by atoms with Gasteiger partial charge in [0, 0.05) is 53.7 Å². The summed E-state index contributed by atoms with van der Waals surface area (Å²) in [4.78, 5) is 6.02. The van der Waals surface area contributed by atoms with Crippen LogP contribution in [0.15, 0.2) is 18.2 Å². The van der Waals surface area contributed by atoms with Gasteiger partial charge in [-0.3, -0.25) is 0 Å². The number of nitrogens with zero attached hydrogens (tertiary/aromatic N) is 1. The Kier molecular flexibility index (Phi) is 3.15. The highest BCUT2D eigenvalue weighted by molar-refractivity contribution is 8.00. The highest BCUT2D eigenvalue weighted by atomic mass is 32.2. The molecule has 2 aromatic rings. The summed E-state index contributed by atoms with van der Waals surface area (Å²) in [6, 6.07) is 6.54. The van der Waals surface area contributed by atoms with Crippen LogP contribution in [0.25, 0.3) is 10.9 Å². The number of likely N-dealkylation sites (N-methyl/N-ethyl adjacent to an activating group) is 1. The molecule has 1 aromatic heterocycles. The Balaban J connectivity index is 1.66. The number of benzene rings is 1. The van der Waals surface area contributed by atoms with Gasteiger partial charge in [0.05, 0.1) is 0 Å². The number of thioether (sulfide) groups is 1. The molecular formula is C16H20N2OS. The van der Waals surface area contributed by atoms with Crippen LogP contribution in [0.5, 0.6) is 5.75 Å². The molecule has 1 fully saturated rings. The fourth-order valence-electron chi connectivity index (χ4n) is 3.05. The molecular weight excluding hydrogens is 268 g/mol. The van der Waals surface area contributed by atoms with Gasteiger partial charge >= 0.3 is 0 Å². The van der Waals surface area contributed by atoms with Crippen molar-refractivity contribution in [2.45, 2.75) is 18.9 Å². The number of nitrogens with one attached hydrogen (secondary N) is 1. The lowest BCUT2D eigenvalue weighted by atomic mass is 10.1. The summed E-state index contributed by atoms with van der Waals surface area (Å²) in [5.41, 5.74) is 4.17. The van der Waals surface area contributed by atoms with Crippen LogP contribution >= 0.6 is 11.8 Å². The zero-order chi connectivity index (χ0) is 13.5. The van der Waals surface area contributed by atoms with E-state index in [9.17, 15) is 0 Å². The Bertz CT molecular complexity index is 633. The first-order valence-electron chi connectivity index (χ1n) is 7.36. The van der Waals surface area contributed by atoms with Crippen molar-refractivity contribution >= 4 is 22.7 Å². The van der Waals surface area contributed by atoms with E-state index in [0.29, 0.717) is 6.10 Å². The molecule has 0 aliphatic carbocycles. The minimum absolute atomic E-state index is 0.416. The topological polar surface area (TPSA) is 28.3 Å². The first-order valence-corrected chi connectivity index (χ1v) is 8.51. The highest BCUT2D eigenvalue weighted by Gasteiger charge is 2.21. The van der Waals surface area contributed by atoms with Crippen LogP contribution in [0.2, 0.25) is 0 Å². The van der Waals surface area contributed by atoms with E-state index in [-0.39, 0.29) is 0 Å². The number of aromatic amines is 1. The van der Waals surface area contributed by atoms with E-state index in [1.54, 1.807) is 0 Å². The van der Waals surface area contributed by atoms with Crippen LogP contribution in [-0.2, 0) is 12.8 Å². The minimum atomic E-state index is 0.416. The predicted octanol–water partition coefficient (Wildman–Crippen LogP) is 2.69. The zero-order valence-corrected chi connectivity index (χ0v) is 12.6. The Hall–Kier alpha value is -1.13. The van der Waals surface area contributed by atoms with Crippen LogP contribution in [0.4, 0.5) is 0 Å². The van der Waals surface area contributed by atoms with Gasteiger partial charge in [-0.25, -0.2) is 0 Å². The number of aromatic nitrogens is 1. The second-order valence-corrected chi connectivity index (χ2v) is 6.95. The van der Waals surface area contributed by atoms with Crippen molar-refractivity contribution < 1.29 is 4.74 Å². The Morgan fingerprint density at radius 3 is 2.90 bits per heavy atom. The summed E-state index contributed by atoms with van der Waals surface area (Å²) in [5.74, 6) is 3.27. The Morgan fingerprint density at radius 1 is 1.25 bits per heavy atom.